The molecule has 8 nitrogen and oxygen atoms in total. The number of pyridine rings is 2. The Morgan fingerprint density at radius 2 is 1.94 bits per heavy atom. The predicted molar refractivity (Wildman–Crippen MR) is 119 cm³/mol. The van der Waals surface area contributed by atoms with Crippen molar-refractivity contribution in [3.63, 3.8) is 0 Å². The molecule has 2 amide bonds. The number of aromatic nitrogens is 4. The van der Waals surface area contributed by atoms with E-state index >= 15 is 0 Å². The average Bonchev–Trinajstić information content (AvgIpc) is 3.44. The monoisotopic (exact) mass is 426 g/mol. The maximum Gasteiger partial charge on any atom is 0.255 e. The SMILES string of the molecule is O=C1CC[C@@H](CN(Cc2ccccn2)C(=O)c2cnc3c(c2)ncn3-c2ccccc2)N1. The van der Waals surface area contributed by atoms with E-state index in [0.29, 0.717) is 42.7 Å². The third kappa shape index (κ3) is 4.07. The van der Waals surface area contributed by atoms with Crippen molar-refractivity contribution in [3.05, 3.63) is 84.6 Å². The third-order valence-electron chi connectivity index (χ3n) is 5.56. The van der Waals surface area contributed by atoms with E-state index < -0.39 is 0 Å². The predicted octanol–water partition coefficient (Wildman–Crippen LogP) is 2.74. The molecule has 3 aromatic heterocycles. The van der Waals surface area contributed by atoms with E-state index in [1.807, 2.05) is 53.1 Å². The van der Waals surface area contributed by atoms with E-state index in [1.165, 1.54) is 0 Å². The van der Waals surface area contributed by atoms with Crippen LogP contribution in [0, 0.1) is 0 Å². The van der Waals surface area contributed by atoms with Crippen LogP contribution in [-0.2, 0) is 11.3 Å². The number of rotatable bonds is 6. The van der Waals surface area contributed by atoms with Crippen LogP contribution in [0.15, 0.2) is 73.3 Å². The van der Waals surface area contributed by atoms with Crippen molar-refractivity contribution in [2.45, 2.75) is 25.4 Å². The van der Waals surface area contributed by atoms with Gasteiger partial charge in [0.1, 0.15) is 11.8 Å². The lowest BCUT2D eigenvalue weighted by atomic mass is 10.1. The van der Waals surface area contributed by atoms with Gasteiger partial charge in [-0.3, -0.25) is 19.1 Å². The number of hydrogen-bond acceptors (Lipinski definition) is 5. The molecule has 1 aliphatic rings. The third-order valence-corrected chi connectivity index (χ3v) is 5.56. The lowest BCUT2D eigenvalue weighted by Crippen LogP contribution is -2.41. The fourth-order valence-corrected chi connectivity index (χ4v) is 3.97. The van der Waals surface area contributed by atoms with Crippen molar-refractivity contribution < 1.29 is 9.59 Å². The maximum atomic E-state index is 13.4. The fraction of sp³-hybridized carbons (Fsp3) is 0.208. The Labute approximate surface area is 184 Å². The molecule has 4 heterocycles. The molecule has 0 unspecified atom stereocenters. The summed E-state index contributed by atoms with van der Waals surface area (Å²) in [6.07, 6.45) is 6.20. The average molecular weight is 426 g/mol. The number of para-hydroxylation sites is 1. The van der Waals surface area contributed by atoms with Crippen LogP contribution in [0.4, 0.5) is 0 Å². The van der Waals surface area contributed by atoms with E-state index in [0.717, 1.165) is 11.4 Å². The van der Waals surface area contributed by atoms with Gasteiger partial charge in [0.15, 0.2) is 5.65 Å². The van der Waals surface area contributed by atoms with Crippen LogP contribution >= 0.6 is 0 Å². The van der Waals surface area contributed by atoms with Gasteiger partial charge < -0.3 is 10.2 Å². The summed E-state index contributed by atoms with van der Waals surface area (Å²) in [6.45, 7) is 0.764. The van der Waals surface area contributed by atoms with E-state index in [2.05, 4.69) is 20.3 Å². The standard InChI is InChI=1S/C24H22N6O2/c31-22-10-9-19(28-22)15-29(14-18-6-4-5-11-25-18)24(32)17-12-21-23(26-13-17)30(16-27-21)20-7-2-1-3-8-20/h1-8,11-13,16,19H,9-10,14-15H2,(H,28,31)/t19-/m0/s1. The number of carbonyl (C=O) groups excluding carboxylic acids is 2. The fourth-order valence-electron chi connectivity index (χ4n) is 3.97. The summed E-state index contributed by atoms with van der Waals surface area (Å²) in [7, 11) is 0. The summed E-state index contributed by atoms with van der Waals surface area (Å²) in [5.41, 5.74) is 3.53. The molecule has 8 heteroatoms. The van der Waals surface area contributed by atoms with Gasteiger partial charge in [0.2, 0.25) is 5.91 Å². The van der Waals surface area contributed by atoms with Crippen LogP contribution < -0.4 is 5.32 Å². The van der Waals surface area contributed by atoms with Gasteiger partial charge in [-0.25, -0.2) is 9.97 Å². The van der Waals surface area contributed by atoms with Crippen molar-refractivity contribution in [2.75, 3.05) is 6.54 Å². The highest BCUT2D eigenvalue weighted by atomic mass is 16.2. The van der Waals surface area contributed by atoms with E-state index in [9.17, 15) is 9.59 Å². The Balaban J connectivity index is 1.43. The summed E-state index contributed by atoms with van der Waals surface area (Å²) >= 11 is 0. The summed E-state index contributed by atoms with van der Waals surface area (Å²) < 4.78 is 1.89. The van der Waals surface area contributed by atoms with Gasteiger partial charge in [-0.1, -0.05) is 24.3 Å². The minimum Gasteiger partial charge on any atom is -0.352 e. The molecule has 0 saturated carbocycles. The molecule has 1 N–H and O–H groups in total. The number of carbonyl (C=O) groups is 2. The van der Waals surface area contributed by atoms with Crippen molar-refractivity contribution in [1.82, 2.24) is 29.7 Å². The molecule has 4 aromatic rings. The molecule has 0 bridgehead atoms. The Morgan fingerprint density at radius 1 is 1.09 bits per heavy atom. The second-order valence-corrected chi connectivity index (χ2v) is 7.83. The van der Waals surface area contributed by atoms with E-state index in [-0.39, 0.29) is 17.9 Å². The van der Waals surface area contributed by atoms with Crippen molar-refractivity contribution in [3.8, 4) is 5.69 Å². The van der Waals surface area contributed by atoms with Crippen molar-refractivity contribution >= 4 is 23.0 Å². The van der Waals surface area contributed by atoms with Gasteiger partial charge in [0.25, 0.3) is 5.91 Å². The summed E-state index contributed by atoms with van der Waals surface area (Å²) in [4.78, 5) is 40.2. The second-order valence-electron chi connectivity index (χ2n) is 7.83. The Morgan fingerprint density at radius 3 is 2.69 bits per heavy atom. The zero-order valence-corrected chi connectivity index (χ0v) is 17.4. The smallest absolute Gasteiger partial charge is 0.255 e. The Hall–Kier alpha value is -4.07. The summed E-state index contributed by atoms with van der Waals surface area (Å²) in [6, 6.07) is 17.1. The van der Waals surface area contributed by atoms with Crippen LogP contribution in [0.25, 0.3) is 16.9 Å². The molecular weight excluding hydrogens is 404 g/mol. The zero-order chi connectivity index (χ0) is 21.9. The number of hydrogen-bond donors (Lipinski definition) is 1. The normalized spacial score (nSPS) is 15.6. The first-order chi connectivity index (χ1) is 15.7. The van der Waals surface area contributed by atoms with Gasteiger partial charge in [-0.15, -0.1) is 0 Å². The molecule has 1 fully saturated rings. The number of amides is 2. The van der Waals surface area contributed by atoms with Crippen molar-refractivity contribution in [2.24, 2.45) is 0 Å². The molecule has 1 saturated heterocycles. The molecule has 160 valence electrons. The first kappa shape index (κ1) is 19.9. The highest BCUT2D eigenvalue weighted by Crippen LogP contribution is 2.19. The molecule has 1 aliphatic heterocycles. The van der Waals surface area contributed by atoms with Crippen LogP contribution in [-0.4, -0.2) is 48.8 Å². The van der Waals surface area contributed by atoms with Gasteiger partial charge in [-0.2, -0.15) is 0 Å². The molecule has 32 heavy (non-hydrogen) atoms. The highest BCUT2D eigenvalue weighted by molar-refractivity contribution is 5.96. The summed E-state index contributed by atoms with van der Waals surface area (Å²) in [5.74, 6) is -0.143. The van der Waals surface area contributed by atoms with Gasteiger partial charge in [0, 0.05) is 37.1 Å². The van der Waals surface area contributed by atoms with Crippen molar-refractivity contribution in [1.29, 1.82) is 0 Å². The summed E-state index contributed by atoms with van der Waals surface area (Å²) in [5, 5.41) is 2.94. The van der Waals surface area contributed by atoms with Gasteiger partial charge >= 0.3 is 0 Å². The Kier molecular flexibility index (Phi) is 5.33. The van der Waals surface area contributed by atoms with Crippen LogP contribution in [0.3, 0.4) is 0 Å². The van der Waals surface area contributed by atoms with Crippen LogP contribution in [0.5, 0.6) is 0 Å². The van der Waals surface area contributed by atoms with Gasteiger partial charge in [-0.05, 0) is 36.8 Å². The van der Waals surface area contributed by atoms with Crippen LogP contribution in [0.1, 0.15) is 28.9 Å². The first-order valence-electron chi connectivity index (χ1n) is 10.5. The van der Waals surface area contributed by atoms with E-state index in [4.69, 9.17) is 0 Å². The molecule has 0 radical (unpaired) electrons. The number of fused-ring (bicyclic) bond motifs is 1. The maximum absolute atomic E-state index is 13.4. The first-order valence-corrected chi connectivity index (χ1v) is 10.5. The molecular formula is C24H22N6O2. The quantitative estimate of drug-likeness (QED) is 0.512. The largest absolute Gasteiger partial charge is 0.352 e. The number of imidazole rings is 1. The van der Waals surface area contributed by atoms with Crippen LogP contribution in [0.2, 0.25) is 0 Å². The highest BCUT2D eigenvalue weighted by Gasteiger charge is 2.27. The number of nitrogens with zero attached hydrogens (tertiary/aromatic N) is 5. The minimum atomic E-state index is -0.166. The Bertz CT molecular complexity index is 1260. The zero-order valence-electron chi connectivity index (χ0n) is 17.4. The lowest BCUT2D eigenvalue weighted by molar-refractivity contribution is -0.119. The minimum absolute atomic E-state index is 0.0229. The number of benzene rings is 1. The molecule has 0 spiro atoms. The topological polar surface area (TPSA) is 93.0 Å². The lowest BCUT2D eigenvalue weighted by Gasteiger charge is -2.25. The number of nitrogens with one attached hydrogen (secondary N) is 1. The molecule has 0 aliphatic carbocycles. The molecule has 1 aromatic carbocycles. The second kappa shape index (κ2) is 8.58. The molecule has 1 atom stereocenters. The molecule has 5 rings (SSSR count). The van der Waals surface area contributed by atoms with E-state index in [1.54, 1.807) is 29.7 Å². The van der Waals surface area contributed by atoms with Gasteiger partial charge in [0.05, 0.1) is 17.8 Å².